The fraction of sp³-hybridized carbons (Fsp3) is 0.667. The zero-order valence-corrected chi connectivity index (χ0v) is 31.7. The van der Waals surface area contributed by atoms with Gasteiger partial charge in [0.05, 0.1) is 35.6 Å². The van der Waals surface area contributed by atoms with Gasteiger partial charge in [0, 0.05) is 74.5 Å². The minimum atomic E-state index is -0.595. The first-order valence-electron chi connectivity index (χ1n) is 18.6. The number of hydrogen-bond donors (Lipinski definition) is 3. The van der Waals surface area contributed by atoms with E-state index in [-0.39, 0.29) is 36.6 Å². The van der Waals surface area contributed by atoms with Gasteiger partial charge in [0.1, 0.15) is 17.7 Å². The standard InChI is InChI=1S/C36H51IN10O4/c1-50-32-20-25(35(48)40-26-5-7-27(8-6-26)45-16-14-44(15-17-45)22-24-2-3-24)4-9-29(32)41-33-11-10-30-34(42-33)47(28-12-18-51-19-13-28)31(21-39-43-38)36(49)46(30)23-37/h4,9-11,20,24,26-28,31,34,41-42H,2-3,5-8,12-19,21-23H2,1H3,(H,40,48)/t26-,27-,31-,34?/m1/s1. The molecule has 6 aliphatic rings. The molecule has 5 fully saturated rings. The van der Waals surface area contributed by atoms with Crippen molar-refractivity contribution in [3.63, 3.8) is 0 Å². The molecule has 15 heteroatoms. The number of nitrogens with one attached hydrogen (secondary N) is 3. The van der Waals surface area contributed by atoms with Crippen LogP contribution in [0.5, 0.6) is 5.75 Å². The molecular weight excluding hydrogens is 763 g/mol. The van der Waals surface area contributed by atoms with E-state index >= 15 is 0 Å². The average Bonchev–Trinajstić information content (AvgIpc) is 3.99. The highest BCUT2D eigenvalue weighted by Crippen LogP contribution is 2.35. The third kappa shape index (κ3) is 8.44. The maximum atomic E-state index is 13.7. The number of nitrogens with zero attached hydrogens (tertiary/aromatic N) is 7. The zero-order valence-electron chi connectivity index (χ0n) is 29.5. The lowest BCUT2D eigenvalue weighted by atomic mass is 9.89. The molecule has 1 aromatic rings. The number of halogens is 1. The molecular formula is C36H51IN10O4. The maximum absolute atomic E-state index is 13.7. The maximum Gasteiger partial charge on any atom is 0.251 e. The first-order valence-corrected chi connectivity index (χ1v) is 20.1. The third-order valence-corrected chi connectivity index (χ3v) is 12.1. The number of alkyl halides is 1. The summed E-state index contributed by atoms with van der Waals surface area (Å²) >= 11 is 2.20. The zero-order chi connectivity index (χ0) is 35.3. The molecule has 0 aromatic heterocycles. The van der Waals surface area contributed by atoms with E-state index in [1.54, 1.807) is 18.1 Å². The monoisotopic (exact) mass is 814 g/mol. The second kappa shape index (κ2) is 16.7. The fourth-order valence-electron chi connectivity index (χ4n) is 8.46. The van der Waals surface area contributed by atoms with Crippen LogP contribution >= 0.6 is 22.6 Å². The summed E-state index contributed by atoms with van der Waals surface area (Å²) in [4.78, 5) is 39.3. The van der Waals surface area contributed by atoms with Gasteiger partial charge in [-0.3, -0.25) is 19.4 Å². The molecule has 0 bridgehead atoms. The van der Waals surface area contributed by atoms with Gasteiger partial charge in [0.15, 0.2) is 0 Å². The number of benzene rings is 1. The summed E-state index contributed by atoms with van der Waals surface area (Å²) in [5.74, 6) is 2.09. The Morgan fingerprint density at radius 3 is 2.51 bits per heavy atom. The molecule has 51 heavy (non-hydrogen) atoms. The predicted octanol–water partition coefficient (Wildman–Crippen LogP) is 4.22. The van der Waals surface area contributed by atoms with Gasteiger partial charge in [-0.1, -0.05) is 27.7 Å². The summed E-state index contributed by atoms with van der Waals surface area (Å²) in [6, 6.07) is 5.78. The van der Waals surface area contributed by atoms with Gasteiger partial charge in [0.2, 0.25) is 5.91 Å². The Morgan fingerprint density at radius 1 is 1.06 bits per heavy atom. The number of fused-ring (bicyclic) bond motifs is 1. The second-order valence-corrected chi connectivity index (χ2v) is 15.3. The Morgan fingerprint density at radius 2 is 1.82 bits per heavy atom. The summed E-state index contributed by atoms with van der Waals surface area (Å²) in [6.07, 6.45) is 12.2. The molecule has 2 atom stereocenters. The Kier molecular flexibility index (Phi) is 11.9. The van der Waals surface area contributed by atoms with Crippen molar-refractivity contribution in [3.8, 4) is 5.75 Å². The first-order chi connectivity index (χ1) is 24.9. The molecule has 0 radical (unpaired) electrons. The highest BCUT2D eigenvalue weighted by Gasteiger charge is 2.47. The second-order valence-electron chi connectivity index (χ2n) is 14.6. The molecule has 7 rings (SSSR count). The molecule has 14 nitrogen and oxygen atoms in total. The number of hydrogen-bond acceptors (Lipinski definition) is 10. The van der Waals surface area contributed by atoms with Crippen molar-refractivity contribution in [2.75, 3.05) is 69.5 Å². The third-order valence-electron chi connectivity index (χ3n) is 11.5. The molecule has 2 aliphatic carbocycles. The van der Waals surface area contributed by atoms with Crippen molar-refractivity contribution >= 4 is 40.1 Å². The molecule has 276 valence electrons. The molecule has 1 unspecified atom stereocenters. The van der Waals surface area contributed by atoms with E-state index in [0.29, 0.717) is 40.8 Å². The van der Waals surface area contributed by atoms with Gasteiger partial charge in [-0.25, -0.2) is 0 Å². The molecule has 2 amide bonds. The van der Waals surface area contributed by atoms with Crippen molar-refractivity contribution in [2.45, 2.75) is 81.7 Å². The number of rotatable bonds is 12. The van der Waals surface area contributed by atoms with Crippen molar-refractivity contribution in [1.82, 2.24) is 30.2 Å². The van der Waals surface area contributed by atoms with Crippen LogP contribution in [0.2, 0.25) is 0 Å². The average molecular weight is 815 g/mol. The van der Waals surface area contributed by atoms with Crippen LogP contribution in [-0.2, 0) is 9.53 Å². The number of carbonyl (C=O) groups is 2. The largest absolute Gasteiger partial charge is 0.495 e. The minimum Gasteiger partial charge on any atom is -0.495 e. The van der Waals surface area contributed by atoms with Crippen molar-refractivity contribution in [1.29, 1.82) is 0 Å². The minimum absolute atomic E-state index is 0.0498. The van der Waals surface area contributed by atoms with Crippen LogP contribution in [0.1, 0.15) is 61.7 Å². The lowest BCUT2D eigenvalue weighted by Gasteiger charge is -2.52. The fourth-order valence-corrected chi connectivity index (χ4v) is 9.19. The highest BCUT2D eigenvalue weighted by molar-refractivity contribution is 14.1. The van der Waals surface area contributed by atoms with E-state index in [1.165, 1.54) is 45.6 Å². The van der Waals surface area contributed by atoms with E-state index in [1.807, 2.05) is 24.3 Å². The molecule has 4 heterocycles. The van der Waals surface area contributed by atoms with Crippen LogP contribution in [0.4, 0.5) is 5.69 Å². The molecule has 1 aromatic carbocycles. The van der Waals surface area contributed by atoms with Crippen LogP contribution in [0.25, 0.3) is 10.4 Å². The quantitative estimate of drug-likeness (QED) is 0.0705. The SMILES string of the molecule is COc1cc(C(=O)N[C@H]2CC[C@H](N3CCN(CC4CC4)CC3)CC2)ccc1NC1=CC=C2C(N1)N(C1CCOCC1)[C@H](CN=[N+]=[N-])C(=O)N2CI. The van der Waals surface area contributed by atoms with E-state index in [2.05, 4.69) is 63.3 Å². The number of anilines is 1. The normalized spacial score (nSPS) is 28.1. The van der Waals surface area contributed by atoms with Gasteiger partial charge in [-0.15, -0.1) is 0 Å². The van der Waals surface area contributed by atoms with E-state index in [9.17, 15) is 9.59 Å². The van der Waals surface area contributed by atoms with Gasteiger partial charge in [-0.2, -0.15) is 0 Å². The number of methoxy groups -OCH3 is 1. The van der Waals surface area contributed by atoms with Crippen molar-refractivity contribution in [2.24, 2.45) is 11.0 Å². The van der Waals surface area contributed by atoms with Gasteiger partial charge in [-0.05, 0) is 93.2 Å². The van der Waals surface area contributed by atoms with Gasteiger partial charge >= 0.3 is 0 Å². The van der Waals surface area contributed by atoms with Crippen molar-refractivity contribution in [3.05, 3.63) is 57.9 Å². The Hall–Kier alpha value is -3.08. The van der Waals surface area contributed by atoms with Crippen molar-refractivity contribution < 1.29 is 19.1 Å². The molecule has 3 N–H and O–H groups in total. The highest BCUT2D eigenvalue weighted by atomic mass is 127. The number of amides is 2. The Balaban J connectivity index is 0.975. The number of allylic oxidation sites excluding steroid dienone is 2. The number of piperazine rings is 2. The summed E-state index contributed by atoms with van der Waals surface area (Å²) in [5.41, 5.74) is 11.2. The summed E-state index contributed by atoms with van der Waals surface area (Å²) < 4.78 is 11.9. The summed E-state index contributed by atoms with van der Waals surface area (Å²) in [5, 5.41) is 14.2. The smallest absolute Gasteiger partial charge is 0.251 e. The predicted molar refractivity (Wildman–Crippen MR) is 203 cm³/mol. The number of dihydropyridines is 1. The van der Waals surface area contributed by atoms with Gasteiger partial charge < -0.3 is 35.2 Å². The number of azide groups is 1. The summed E-state index contributed by atoms with van der Waals surface area (Å²) in [7, 11) is 1.61. The van der Waals surface area contributed by atoms with Crippen LogP contribution in [-0.4, -0.2) is 126 Å². The van der Waals surface area contributed by atoms with Crippen LogP contribution in [0.3, 0.4) is 0 Å². The lowest BCUT2D eigenvalue weighted by Crippen LogP contribution is -2.68. The number of carbonyl (C=O) groups excluding carboxylic acids is 2. The summed E-state index contributed by atoms with van der Waals surface area (Å²) in [6.45, 7) is 7.29. The van der Waals surface area contributed by atoms with Crippen LogP contribution in [0.15, 0.2) is 47.0 Å². The molecule has 4 aliphatic heterocycles. The van der Waals surface area contributed by atoms with Gasteiger partial charge in [0.25, 0.3) is 5.91 Å². The van der Waals surface area contributed by atoms with E-state index < -0.39 is 6.04 Å². The number of ether oxygens (including phenoxy) is 2. The Labute approximate surface area is 314 Å². The Bertz CT molecular complexity index is 1530. The lowest BCUT2D eigenvalue weighted by molar-refractivity contribution is -0.143. The molecule has 3 saturated heterocycles. The topological polar surface area (TPSA) is 150 Å². The van der Waals surface area contributed by atoms with Crippen LogP contribution < -0.4 is 20.7 Å². The van der Waals surface area contributed by atoms with E-state index in [0.717, 1.165) is 56.0 Å². The molecule has 2 saturated carbocycles. The van der Waals surface area contributed by atoms with Crippen LogP contribution in [0, 0.1) is 5.92 Å². The van der Waals surface area contributed by atoms with E-state index in [4.69, 9.17) is 15.0 Å². The first kappa shape index (κ1) is 36.3. The molecule has 0 spiro atoms.